The van der Waals surface area contributed by atoms with E-state index in [2.05, 4.69) is 12.2 Å². The first-order valence-corrected chi connectivity index (χ1v) is 5.34. The lowest BCUT2D eigenvalue weighted by Crippen LogP contribution is -2.33. The molecule has 1 atom stereocenters. The largest absolute Gasteiger partial charge is 0.479 e. The van der Waals surface area contributed by atoms with E-state index in [1.54, 1.807) is 17.0 Å². The van der Waals surface area contributed by atoms with E-state index in [0.717, 1.165) is 25.8 Å². The second kappa shape index (κ2) is 6.24. The van der Waals surface area contributed by atoms with E-state index in [1.807, 2.05) is 12.1 Å². The van der Waals surface area contributed by atoms with Gasteiger partial charge in [-0.25, -0.2) is 4.79 Å². The van der Waals surface area contributed by atoms with Crippen molar-refractivity contribution in [3.63, 3.8) is 0 Å². The van der Waals surface area contributed by atoms with Crippen LogP contribution in [0.2, 0.25) is 0 Å². The minimum absolute atomic E-state index is 0.642. The first-order valence-electron chi connectivity index (χ1n) is 5.34. The van der Waals surface area contributed by atoms with Crippen LogP contribution in [-0.4, -0.2) is 22.2 Å². The van der Waals surface area contributed by atoms with E-state index >= 15 is 0 Å². The summed E-state index contributed by atoms with van der Waals surface area (Å²) in [5.74, 6) is -0.845. The number of carboxylic acid groups (broad SMARTS) is 1. The van der Waals surface area contributed by atoms with E-state index in [9.17, 15) is 4.79 Å². The van der Waals surface area contributed by atoms with Gasteiger partial charge in [0, 0.05) is 12.4 Å². The van der Waals surface area contributed by atoms with E-state index in [4.69, 9.17) is 5.11 Å². The molecule has 1 unspecified atom stereocenters. The summed E-state index contributed by atoms with van der Waals surface area (Å²) < 4.78 is 1.66. The van der Waals surface area contributed by atoms with E-state index in [-0.39, 0.29) is 0 Å². The molecule has 1 aromatic heterocycles. The maximum Gasteiger partial charge on any atom is 0.341 e. The minimum Gasteiger partial charge on any atom is -0.479 e. The Hall–Kier alpha value is -1.29. The SMILES string of the molecule is CCCCCNC(C(=O)O)n1cccc1. The fourth-order valence-corrected chi connectivity index (χ4v) is 1.45. The molecule has 1 aromatic rings. The first-order chi connectivity index (χ1) is 7.25. The lowest BCUT2D eigenvalue weighted by atomic mass is 10.2. The highest BCUT2D eigenvalue weighted by Crippen LogP contribution is 2.04. The standard InChI is InChI=1S/C11H18N2O2/c1-2-3-4-7-12-10(11(14)15)13-8-5-6-9-13/h5-6,8-10,12H,2-4,7H2,1H3,(H,14,15). The topological polar surface area (TPSA) is 54.3 Å². The van der Waals surface area contributed by atoms with Crippen LogP contribution in [-0.2, 0) is 4.79 Å². The fourth-order valence-electron chi connectivity index (χ4n) is 1.45. The molecule has 1 rings (SSSR count). The van der Waals surface area contributed by atoms with Crippen molar-refractivity contribution >= 4 is 5.97 Å². The van der Waals surface area contributed by atoms with Crippen LogP contribution in [0.4, 0.5) is 0 Å². The van der Waals surface area contributed by atoms with Crippen LogP contribution in [0.1, 0.15) is 32.4 Å². The fraction of sp³-hybridized carbons (Fsp3) is 0.545. The molecule has 0 saturated heterocycles. The molecule has 4 nitrogen and oxygen atoms in total. The molecule has 1 heterocycles. The van der Waals surface area contributed by atoms with E-state index in [0.29, 0.717) is 0 Å². The van der Waals surface area contributed by atoms with Crippen molar-refractivity contribution < 1.29 is 9.90 Å². The molecular formula is C11H18N2O2. The Bertz CT molecular complexity index is 283. The number of nitrogens with zero attached hydrogens (tertiary/aromatic N) is 1. The summed E-state index contributed by atoms with van der Waals surface area (Å²) >= 11 is 0. The molecule has 0 aliphatic rings. The molecule has 0 aliphatic heterocycles. The van der Waals surface area contributed by atoms with Gasteiger partial charge in [-0.2, -0.15) is 0 Å². The average molecular weight is 210 g/mol. The Balaban J connectivity index is 2.42. The van der Waals surface area contributed by atoms with Gasteiger partial charge in [0.1, 0.15) is 0 Å². The van der Waals surface area contributed by atoms with Crippen molar-refractivity contribution in [2.24, 2.45) is 0 Å². The zero-order valence-electron chi connectivity index (χ0n) is 9.02. The third-order valence-corrected chi connectivity index (χ3v) is 2.28. The highest BCUT2D eigenvalue weighted by Gasteiger charge is 2.16. The van der Waals surface area contributed by atoms with Crippen molar-refractivity contribution in [1.82, 2.24) is 9.88 Å². The monoisotopic (exact) mass is 210 g/mol. The minimum atomic E-state index is -0.845. The van der Waals surface area contributed by atoms with Gasteiger partial charge in [0.15, 0.2) is 6.17 Å². The summed E-state index contributed by atoms with van der Waals surface area (Å²) in [6.07, 6.45) is 6.16. The maximum atomic E-state index is 11.0. The normalized spacial score (nSPS) is 12.6. The van der Waals surface area contributed by atoms with Crippen molar-refractivity contribution in [2.75, 3.05) is 6.54 Å². The molecule has 15 heavy (non-hydrogen) atoms. The third kappa shape index (κ3) is 3.75. The number of aromatic nitrogens is 1. The van der Waals surface area contributed by atoms with Crippen LogP contribution >= 0.6 is 0 Å². The van der Waals surface area contributed by atoms with Gasteiger partial charge in [-0.3, -0.25) is 5.32 Å². The number of carbonyl (C=O) groups is 1. The zero-order valence-corrected chi connectivity index (χ0v) is 9.02. The zero-order chi connectivity index (χ0) is 11.1. The molecule has 0 saturated carbocycles. The Morgan fingerprint density at radius 3 is 2.60 bits per heavy atom. The smallest absolute Gasteiger partial charge is 0.341 e. The molecule has 0 amide bonds. The molecule has 0 fully saturated rings. The van der Waals surface area contributed by atoms with Gasteiger partial charge in [0.05, 0.1) is 0 Å². The summed E-state index contributed by atoms with van der Waals surface area (Å²) in [5.41, 5.74) is 0. The van der Waals surface area contributed by atoms with E-state index in [1.165, 1.54) is 0 Å². The van der Waals surface area contributed by atoms with Gasteiger partial charge >= 0.3 is 5.97 Å². The molecule has 0 aromatic carbocycles. The number of hydrogen-bond acceptors (Lipinski definition) is 2. The molecule has 0 radical (unpaired) electrons. The third-order valence-electron chi connectivity index (χ3n) is 2.28. The predicted molar refractivity (Wildman–Crippen MR) is 58.6 cm³/mol. The molecule has 84 valence electrons. The predicted octanol–water partition coefficient (Wildman–Crippen LogP) is 1.85. The van der Waals surface area contributed by atoms with Gasteiger partial charge in [-0.1, -0.05) is 19.8 Å². The number of aliphatic carboxylic acids is 1. The number of unbranched alkanes of at least 4 members (excludes halogenated alkanes) is 2. The molecule has 2 N–H and O–H groups in total. The van der Waals surface area contributed by atoms with Gasteiger partial charge in [-0.15, -0.1) is 0 Å². The molecule has 4 heteroatoms. The van der Waals surface area contributed by atoms with Crippen LogP contribution in [0.3, 0.4) is 0 Å². The summed E-state index contributed by atoms with van der Waals surface area (Å²) in [6.45, 7) is 2.86. The number of nitrogens with one attached hydrogen (secondary N) is 1. The molecule has 0 spiro atoms. The highest BCUT2D eigenvalue weighted by atomic mass is 16.4. The Kier molecular flexibility index (Phi) is 4.90. The van der Waals surface area contributed by atoms with Crippen molar-refractivity contribution in [1.29, 1.82) is 0 Å². The Labute approximate surface area is 89.9 Å². The maximum absolute atomic E-state index is 11.0. The van der Waals surface area contributed by atoms with Crippen LogP contribution < -0.4 is 5.32 Å². The summed E-state index contributed by atoms with van der Waals surface area (Å²) in [7, 11) is 0. The van der Waals surface area contributed by atoms with Crippen LogP contribution in [0.25, 0.3) is 0 Å². The van der Waals surface area contributed by atoms with Crippen molar-refractivity contribution in [3.05, 3.63) is 24.5 Å². The Morgan fingerprint density at radius 2 is 2.07 bits per heavy atom. The molecular weight excluding hydrogens is 192 g/mol. The number of carboxylic acids is 1. The van der Waals surface area contributed by atoms with Crippen molar-refractivity contribution in [3.8, 4) is 0 Å². The molecule has 0 aliphatic carbocycles. The lowest BCUT2D eigenvalue weighted by Gasteiger charge is -2.15. The quantitative estimate of drug-likeness (QED) is 0.675. The average Bonchev–Trinajstić information content (AvgIpc) is 2.70. The number of rotatable bonds is 7. The Morgan fingerprint density at radius 1 is 1.40 bits per heavy atom. The van der Waals surface area contributed by atoms with Gasteiger partial charge in [0.2, 0.25) is 0 Å². The lowest BCUT2D eigenvalue weighted by molar-refractivity contribution is -0.142. The van der Waals surface area contributed by atoms with Crippen LogP contribution in [0, 0.1) is 0 Å². The number of hydrogen-bond donors (Lipinski definition) is 2. The molecule has 0 bridgehead atoms. The highest BCUT2D eigenvalue weighted by molar-refractivity contribution is 5.71. The van der Waals surface area contributed by atoms with Gasteiger partial charge in [0.25, 0.3) is 0 Å². The second-order valence-corrected chi connectivity index (χ2v) is 3.53. The van der Waals surface area contributed by atoms with Crippen LogP contribution in [0.15, 0.2) is 24.5 Å². The summed E-state index contributed by atoms with van der Waals surface area (Å²) in [5, 5.41) is 12.0. The van der Waals surface area contributed by atoms with Gasteiger partial charge < -0.3 is 9.67 Å². The second-order valence-electron chi connectivity index (χ2n) is 3.53. The summed E-state index contributed by atoms with van der Waals surface area (Å²) in [6, 6.07) is 3.65. The van der Waals surface area contributed by atoms with Crippen LogP contribution in [0.5, 0.6) is 0 Å². The van der Waals surface area contributed by atoms with E-state index < -0.39 is 12.1 Å². The van der Waals surface area contributed by atoms with Crippen molar-refractivity contribution in [2.45, 2.75) is 32.4 Å². The first kappa shape index (κ1) is 11.8. The van der Waals surface area contributed by atoms with Gasteiger partial charge in [-0.05, 0) is 25.1 Å². The summed E-state index contributed by atoms with van der Waals surface area (Å²) in [4.78, 5) is 11.0.